The summed E-state index contributed by atoms with van der Waals surface area (Å²) >= 11 is 9.10. The summed E-state index contributed by atoms with van der Waals surface area (Å²) in [5.74, 6) is -1.02. The van der Waals surface area contributed by atoms with E-state index in [1.165, 1.54) is 18.2 Å². The molecule has 0 heterocycles. The molecule has 0 aliphatic rings. The summed E-state index contributed by atoms with van der Waals surface area (Å²) < 4.78 is 27.6. The van der Waals surface area contributed by atoms with Gasteiger partial charge in [0.05, 0.1) is 0 Å². The van der Waals surface area contributed by atoms with Crippen molar-refractivity contribution in [3.63, 3.8) is 0 Å². The number of aliphatic hydroxyl groups excluding tert-OH is 1. The van der Waals surface area contributed by atoms with Crippen molar-refractivity contribution in [1.29, 1.82) is 0 Å². The van der Waals surface area contributed by atoms with Gasteiger partial charge in [-0.2, -0.15) is 0 Å². The number of aryl methyl sites for hydroxylation is 1. The Morgan fingerprint density at radius 2 is 1.89 bits per heavy atom. The van der Waals surface area contributed by atoms with Crippen LogP contribution in [0.3, 0.4) is 0 Å². The topological polar surface area (TPSA) is 20.2 Å². The van der Waals surface area contributed by atoms with Crippen LogP contribution in [0.15, 0.2) is 34.8 Å². The van der Waals surface area contributed by atoms with Crippen molar-refractivity contribution in [2.24, 2.45) is 0 Å². The lowest BCUT2D eigenvalue weighted by Gasteiger charge is -2.16. The molecule has 0 radical (unpaired) electrons. The Labute approximate surface area is 123 Å². The third-order valence-corrected chi connectivity index (χ3v) is 3.86. The van der Waals surface area contributed by atoms with Crippen molar-refractivity contribution in [2.45, 2.75) is 13.0 Å². The summed E-state index contributed by atoms with van der Waals surface area (Å²) in [6.45, 7) is 1.55. The maximum absolute atomic E-state index is 13.8. The lowest BCUT2D eigenvalue weighted by molar-refractivity contribution is 0.214. The van der Waals surface area contributed by atoms with E-state index in [1.54, 1.807) is 13.0 Å². The molecule has 1 nitrogen and oxygen atoms in total. The van der Waals surface area contributed by atoms with E-state index in [-0.39, 0.29) is 16.1 Å². The van der Waals surface area contributed by atoms with Gasteiger partial charge in [-0.25, -0.2) is 8.78 Å². The highest BCUT2D eigenvalue weighted by atomic mass is 79.9. The Bertz CT molecular complexity index is 611. The summed E-state index contributed by atoms with van der Waals surface area (Å²) in [5, 5.41) is 10.3. The monoisotopic (exact) mass is 346 g/mol. The van der Waals surface area contributed by atoms with Crippen LogP contribution >= 0.6 is 27.5 Å². The molecule has 1 unspecified atom stereocenters. The van der Waals surface area contributed by atoms with Gasteiger partial charge in [-0.1, -0.05) is 33.6 Å². The van der Waals surface area contributed by atoms with Crippen LogP contribution in [-0.2, 0) is 0 Å². The van der Waals surface area contributed by atoms with E-state index in [0.717, 1.165) is 6.07 Å². The first-order chi connectivity index (χ1) is 8.91. The van der Waals surface area contributed by atoms with Crippen LogP contribution in [0.25, 0.3) is 0 Å². The molecule has 2 aromatic carbocycles. The molecule has 5 heteroatoms. The van der Waals surface area contributed by atoms with Crippen LogP contribution in [0.2, 0.25) is 5.02 Å². The predicted molar refractivity (Wildman–Crippen MR) is 74.3 cm³/mol. The largest absolute Gasteiger partial charge is 0.383 e. The molecule has 100 valence electrons. The van der Waals surface area contributed by atoms with Crippen molar-refractivity contribution in [1.82, 2.24) is 0 Å². The average Bonchev–Trinajstić information content (AvgIpc) is 2.33. The fourth-order valence-corrected chi connectivity index (χ4v) is 2.63. The van der Waals surface area contributed by atoms with Gasteiger partial charge < -0.3 is 5.11 Å². The highest BCUT2D eigenvalue weighted by Gasteiger charge is 2.21. The Morgan fingerprint density at radius 1 is 1.21 bits per heavy atom. The Kier molecular flexibility index (Phi) is 4.23. The number of hydrogen-bond acceptors (Lipinski definition) is 1. The molecular weight excluding hydrogens is 338 g/mol. The van der Waals surface area contributed by atoms with Gasteiger partial charge in [0, 0.05) is 20.6 Å². The first-order valence-electron chi connectivity index (χ1n) is 5.49. The predicted octanol–water partition coefficient (Wildman–Crippen LogP) is 4.77. The maximum atomic E-state index is 13.8. The molecule has 1 N–H and O–H groups in total. The minimum absolute atomic E-state index is 0.0609. The van der Waals surface area contributed by atoms with Gasteiger partial charge in [-0.05, 0) is 36.8 Å². The smallest absolute Gasteiger partial charge is 0.130 e. The second kappa shape index (κ2) is 5.57. The van der Waals surface area contributed by atoms with E-state index >= 15 is 0 Å². The maximum Gasteiger partial charge on any atom is 0.130 e. The highest BCUT2D eigenvalue weighted by Crippen LogP contribution is 2.35. The third-order valence-electron chi connectivity index (χ3n) is 2.85. The minimum atomic E-state index is -1.26. The highest BCUT2D eigenvalue weighted by molar-refractivity contribution is 9.10. The molecule has 0 aliphatic heterocycles. The second-order valence-electron chi connectivity index (χ2n) is 4.16. The summed E-state index contributed by atoms with van der Waals surface area (Å²) in [6.07, 6.45) is -1.26. The van der Waals surface area contributed by atoms with Crippen molar-refractivity contribution in [3.05, 3.63) is 68.2 Å². The van der Waals surface area contributed by atoms with Gasteiger partial charge in [-0.15, -0.1) is 0 Å². The van der Waals surface area contributed by atoms with Gasteiger partial charge in [0.25, 0.3) is 0 Å². The number of benzene rings is 2. The van der Waals surface area contributed by atoms with Gasteiger partial charge in [0.1, 0.15) is 17.7 Å². The second-order valence-corrected chi connectivity index (χ2v) is 5.42. The van der Waals surface area contributed by atoms with Crippen LogP contribution in [0.5, 0.6) is 0 Å². The van der Waals surface area contributed by atoms with E-state index in [9.17, 15) is 13.9 Å². The molecule has 1 atom stereocenters. The van der Waals surface area contributed by atoms with Crippen LogP contribution in [0.1, 0.15) is 22.8 Å². The molecule has 0 spiro atoms. The Balaban J connectivity index is 2.56. The van der Waals surface area contributed by atoms with E-state index in [1.807, 2.05) is 0 Å². The van der Waals surface area contributed by atoms with Crippen molar-refractivity contribution < 1.29 is 13.9 Å². The molecule has 0 bridgehead atoms. The van der Waals surface area contributed by atoms with E-state index in [2.05, 4.69) is 15.9 Å². The summed E-state index contributed by atoms with van der Waals surface area (Å²) in [4.78, 5) is 0. The van der Waals surface area contributed by atoms with Gasteiger partial charge in [0.2, 0.25) is 0 Å². The van der Waals surface area contributed by atoms with Crippen LogP contribution in [-0.4, -0.2) is 5.11 Å². The summed E-state index contributed by atoms with van der Waals surface area (Å²) in [6, 6.07) is 6.91. The molecule has 2 aromatic rings. The zero-order valence-electron chi connectivity index (χ0n) is 9.92. The number of hydrogen-bond donors (Lipinski definition) is 1. The first kappa shape index (κ1) is 14.4. The summed E-state index contributed by atoms with van der Waals surface area (Å²) in [5.41, 5.74) is 0.688. The normalized spacial score (nSPS) is 12.5. The van der Waals surface area contributed by atoms with Gasteiger partial charge in [-0.3, -0.25) is 0 Å². The molecular formula is C14H10BrClF2O. The van der Waals surface area contributed by atoms with Crippen LogP contribution < -0.4 is 0 Å². The molecule has 0 aromatic heterocycles. The average molecular weight is 348 g/mol. The fourth-order valence-electron chi connectivity index (χ4n) is 1.82. The molecule has 19 heavy (non-hydrogen) atoms. The van der Waals surface area contributed by atoms with Crippen LogP contribution in [0, 0.1) is 18.6 Å². The number of rotatable bonds is 2. The lowest BCUT2D eigenvalue weighted by atomic mass is 9.99. The zero-order valence-corrected chi connectivity index (χ0v) is 12.3. The van der Waals surface area contributed by atoms with E-state index in [0.29, 0.717) is 10.0 Å². The van der Waals surface area contributed by atoms with E-state index < -0.39 is 17.7 Å². The lowest BCUT2D eigenvalue weighted by Crippen LogP contribution is -2.05. The van der Waals surface area contributed by atoms with Crippen molar-refractivity contribution in [3.8, 4) is 0 Å². The molecule has 0 amide bonds. The first-order valence-corrected chi connectivity index (χ1v) is 6.66. The number of halogens is 4. The molecule has 0 fully saturated rings. The molecule has 0 aliphatic carbocycles. The Hall–Kier alpha value is -0.970. The van der Waals surface area contributed by atoms with Crippen molar-refractivity contribution in [2.75, 3.05) is 0 Å². The zero-order chi connectivity index (χ0) is 14.2. The molecule has 2 rings (SSSR count). The number of aliphatic hydroxyl groups is 1. The van der Waals surface area contributed by atoms with Crippen LogP contribution in [0.4, 0.5) is 8.78 Å². The fraction of sp³-hybridized carbons (Fsp3) is 0.143. The Morgan fingerprint density at radius 3 is 2.53 bits per heavy atom. The molecule has 0 saturated heterocycles. The van der Waals surface area contributed by atoms with Gasteiger partial charge >= 0.3 is 0 Å². The quantitative estimate of drug-likeness (QED) is 0.829. The van der Waals surface area contributed by atoms with Gasteiger partial charge in [0.15, 0.2) is 0 Å². The van der Waals surface area contributed by atoms with E-state index in [4.69, 9.17) is 11.6 Å². The molecule has 0 saturated carbocycles. The minimum Gasteiger partial charge on any atom is -0.383 e. The summed E-state index contributed by atoms with van der Waals surface area (Å²) in [7, 11) is 0. The third kappa shape index (κ3) is 2.81. The standard InChI is InChI=1S/C14H10BrClF2O/c1-7-5-8(10(16)6-12(7)18)14(19)13-9(15)3-2-4-11(13)17/h2-6,14,19H,1H3. The van der Waals surface area contributed by atoms with Crippen molar-refractivity contribution >= 4 is 27.5 Å². The SMILES string of the molecule is Cc1cc(C(O)c2c(F)cccc2Br)c(Cl)cc1F.